The van der Waals surface area contributed by atoms with Crippen molar-refractivity contribution in [2.24, 2.45) is 0 Å². The summed E-state index contributed by atoms with van der Waals surface area (Å²) in [6.07, 6.45) is -3.71. The Bertz CT molecular complexity index is 236. The summed E-state index contributed by atoms with van der Waals surface area (Å²) in [5.74, 6) is 0. The van der Waals surface area contributed by atoms with Crippen LogP contribution in [0.3, 0.4) is 0 Å². The van der Waals surface area contributed by atoms with Crippen LogP contribution >= 0.6 is 0 Å². The Balaban J connectivity index is 4.55. The van der Waals surface area contributed by atoms with E-state index >= 15 is 0 Å². The summed E-state index contributed by atoms with van der Waals surface area (Å²) in [7, 11) is 0. The molecule has 0 aliphatic rings. The lowest BCUT2D eigenvalue weighted by Crippen LogP contribution is -2.51. The third kappa shape index (κ3) is 6.56. The van der Waals surface area contributed by atoms with Crippen LogP contribution in [0.1, 0.15) is 34.1 Å². The summed E-state index contributed by atoms with van der Waals surface area (Å²) in [6, 6.07) is -0.243. The van der Waals surface area contributed by atoms with Gasteiger partial charge in [0.05, 0.1) is 13.2 Å². The number of nitrogens with one attached hydrogen (secondary N) is 1. The van der Waals surface area contributed by atoms with Gasteiger partial charge in [-0.25, -0.2) is 0 Å². The fourth-order valence-corrected chi connectivity index (χ4v) is 2.21. The first-order valence-electron chi connectivity index (χ1n) is 6.34. The maximum atomic E-state index is 12.4. The van der Waals surface area contributed by atoms with Gasteiger partial charge in [0.2, 0.25) is 0 Å². The van der Waals surface area contributed by atoms with Crippen LogP contribution in [-0.2, 0) is 0 Å². The van der Waals surface area contributed by atoms with Crippen LogP contribution in [0.15, 0.2) is 0 Å². The zero-order valence-corrected chi connectivity index (χ0v) is 11.6. The van der Waals surface area contributed by atoms with Crippen molar-refractivity contribution in [2.75, 3.05) is 26.2 Å². The average molecular weight is 270 g/mol. The molecule has 0 aromatic rings. The predicted molar refractivity (Wildman–Crippen MR) is 66.5 cm³/mol. The predicted octanol–water partition coefficient (Wildman–Crippen LogP) is 2.01. The number of alkyl halides is 3. The number of nitrogens with zero attached hydrogens (tertiary/aromatic N) is 1. The molecule has 2 unspecified atom stereocenters. The van der Waals surface area contributed by atoms with Crippen LogP contribution in [0, 0.1) is 0 Å². The number of aliphatic hydroxyl groups is 1. The van der Waals surface area contributed by atoms with Crippen molar-refractivity contribution in [3.8, 4) is 0 Å². The minimum absolute atomic E-state index is 0.0885. The second-order valence-electron chi connectivity index (χ2n) is 4.98. The Hall–Kier alpha value is -0.330. The van der Waals surface area contributed by atoms with E-state index in [1.807, 2.05) is 13.8 Å². The largest absolute Gasteiger partial charge is 0.401 e. The number of aliphatic hydroxyl groups excluding tert-OH is 1. The molecule has 0 heterocycles. The van der Waals surface area contributed by atoms with Gasteiger partial charge < -0.3 is 10.4 Å². The van der Waals surface area contributed by atoms with Crippen molar-refractivity contribution in [2.45, 2.75) is 51.9 Å². The molecule has 2 atom stereocenters. The quantitative estimate of drug-likeness (QED) is 0.708. The first-order valence-corrected chi connectivity index (χ1v) is 6.34. The standard InChI is InChI=1S/C12H25F3N2O/c1-5-16-11(4,9-18)7-10(3)17(6-2)8-12(13,14)15/h10,16,18H,5-9H2,1-4H3. The number of hydrogen-bond donors (Lipinski definition) is 2. The highest BCUT2D eigenvalue weighted by Crippen LogP contribution is 2.21. The molecule has 2 N–H and O–H groups in total. The molecule has 6 heteroatoms. The van der Waals surface area contributed by atoms with Crippen LogP contribution in [0.4, 0.5) is 13.2 Å². The van der Waals surface area contributed by atoms with E-state index in [1.54, 1.807) is 13.8 Å². The van der Waals surface area contributed by atoms with E-state index in [2.05, 4.69) is 5.32 Å². The van der Waals surface area contributed by atoms with E-state index in [1.165, 1.54) is 4.90 Å². The summed E-state index contributed by atoms with van der Waals surface area (Å²) in [5, 5.41) is 12.5. The van der Waals surface area contributed by atoms with Gasteiger partial charge in [-0.3, -0.25) is 4.90 Å². The zero-order valence-electron chi connectivity index (χ0n) is 11.6. The van der Waals surface area contributed by atoms with Gasteiger partial charge in [0.25, 0.3) is 0 Å². The third-order valence-corrected chi connectivity index (χ3v) is 3.11. The van der Waals surface area contributed by atoms with Gasteiger partial charge in [-0.05, 0) is 33.4 Å². The molecule has 0 aromatic heterocycles. The first kappa shape index (κ1) is 17.7. The summed E-state index contributed by atoms with van der Waals surface area (Å²) in [4.78, 5) is 1.38. The summed E-state index contributed by atoms with van der Waals surface area (Å²) >= 11 is 0. The van der Waals surface area contributed by atoms with Crippen LogP contribution in [0.25, 0.3) is 0 Å². The highest BCUT2D eigenvalue weighted by molar-refractivity contribution is 4.87. The Morgan fingerprint density at radius 2 is 1.83 bits per heavy atom. The minimum Gasteiger partial charge on any atom is -0.394 e. The van der Waals surface area contributed by atoms with Gasteiger partial charge in [0, 0.05) is 11.6 Å². The van der Waals surface area contributed by atoms with Gasteiger partial charge in [0.15, 0.2) is 0 Å². The smallest absolute Gasteiger partial charge is 0.394 e. The van der Waals surface area contributed by atoms with E-state index in [0.29, 0.717) is 19.5 Å². The highest BCUT2D eigenvalue weighted by atomic mass is 19.4. The van der Waals surface area contributed by atoms with E-state index in [9.17, 15) is 18.3 Å². The third-order valence-electron chi connectivity index (χ3n) is 3.11. The van der Waals surface area contributed by atoms with Crippen molar-refractivity contribution in [3.05, 3.63) is 0 Å². The molecular formula is C12H25F3N2O. The average Bonchev–Trinajstić information content (AvgIpc) is 2.24. The number of likely N-dealkylation sites (N-methyl/N-ethyl adjacent to an activating group) is 1. The number of hydrogen-bond acceptors (Lipinski definition) is 3. The second kappa shape index (κ2) is 7.31. The van der Waals surface area contributed by atoms with Crippen LogP contribution < -0.4 is 5.32 Å². The molecule has 0 fully saturated rings. The van der Waals surface area contributed by atoms with Crippen LogP contribution in [0.5, 0.6) is 0 Å². The normalized spacial score (nSPS) is 17.8. The Labute approximate surface area is 107 Å². The lowest BCUT2D eigenvalue weighted by Gasteiger charge is -2.36. The van der Waals surface area contributed by atoms with Crippen molar-refractivity contribution >= 4 is 0 Å². The zero-order chi connectivity index (χ0) is 14.4. The molecule has 0 aliphatic carbocycles. The van der Waals surface area contributed by atoms with E-state index in [0.717, 1.165) is 0 Å². The highest BCUT2D eigenvalue weighted by Gasteiger charge is 2.34. The topological polar surface area (TPSA) is 35.5 Å². The molecule has 0 aliphatic heterocycles. The van der Waals surface area contributed by atoms with Gasteiger partial charge in [-0.2, -0.15) is 13.2 Å². The summed E-state index contributed by atoms with van der Waals surface area (Å²) in [5.41, 5.74) is -0.535. The fourth-order valence-electron chi connectivity index (χ4n) is 2.21. The van der Waals surface area contributed by atoms with Crippen LogP contribution in [-0.4, -0.2) is 54.0 Å². The first-order chi connectivity index (χ1) is 8.17. The molecule has 18 heavy (non-hydrogen) atoms. The molecular weight excluding hydrogens is 245 g/mol. The van der Waals surface area contributed by atoms with Gasteiger partial charge in [-0.15, -0.1) is 0 Å². The molecule has 0 aromatic carbocycles. The van der Waals surface area contributed by atoms with Gasteiger partial charge in [0.1, 0.15) is 0 Å². The fraction of sp³-hybridized carbons (Fsp3) is 1.00. The number of halogens is 3. The summed E-state index contributed by atoms with van der Waals surface area (Å²) in [6.45, 7) is 7.24. The molecule has 0 rings (SSSR count). The SMILES string of the molecule is CCNC(C)(CO)CC(C)N(CC)CC(F)(F)F. The maximum absolute atomic E-state index is 12.4. The lowest BCUT2D eigenvalue weighted by molar-refractivity contribution is -0.150. The Kier molecular flexibility index (Phi) is 7.17. The van der Waals surface area contributed by atoms with Gasteiger partial charge >= 0.3 is 6.18 Å². The minimum atomic E-state index is -4.18. The molecule has 0 bridgehead atoms. The van der Waals surface area contributed by atoms with Crippen LogP contribution in [0.2, 0.25) is 0 Å². The van der Waals surface area contributed by atoms with Crippen molar-refractivity contribution < 1.29 is 18.3 Å². The van der Waals surface area contributed by atoms with Crippen molar-refractivity contribution in [3.63, 3.8) is 0 Å². The van der Waals surface area contributed by atoms with E-state index in [4.69, 9.17) is 0 Å². The Morgan fingerprint density at radius 3 is 2.17 bits per heavy atom. The van der Waals surface area contributed by atoms with E-state index < -0.39 is 18.3 Å². The molecule has 0 saturated carbocycles. The molecule has 0 spiro atoms. The Morgan fingerprint density at radius 1 is 1.28 bits per heavy atom. The van der Waals surface area contributed by atoms with Gasteiger partial charge in [-0.1, -0.05) is 13.8 Å². The monoisotopic (exact) mass is 270 g/mol. The molecule has 0 amide bonds. The number of rotatable bonds is 8. The maximum Gasteiger partial charge on any atom is 0.401 e. The second-order valence-corrected chi connectivity index (χ2v) is 4.98. The molecule has 0 saturated heterocycles. The molecule has 110 valence electrons. The summed E-state index contributed by atoms with van der Waals surface area (Å²) < 4.78 is 37.2. The molecule has 3 nitrogen and oxygen atoms in total. The molecule has 0 radical (unpaired) electrons. The van der Waals surface area contributed by atoms with Crippen molar-refractivity contribution in [1.29, 1.82) is 0 Å². The van der Waals surface area contributed by atoms with Crippen molar-refractivity contribution in [1.82, 2.24) is 10.2 Å². The van der Waals surface area contributed by atoms with E-state index in [-0.39, 0.29) is 12.6 Å². The lowest BCUT2D eigenvalue weighted by atomic mass is 9.93.